The van der Waals surface area contributed by atoms with Crippen LogP contribution >= 0.6 is 47.8 Å². The molecule has 0 fully saturated rings. The van der Waals surface area contributed by atoms with Gasteiger partial charge < -0.3 is 0 Å². The van der Waals surface area contributed by atoms with Crippen LogP contribution in [0.15, 0.2) is 48.6 Å². The van der Waals surface area contributed by atoms with E-state index >= 15 is 0 Å². The van der Waals surface area contributed by atoms with Gasteiger partial charge in [0.1, 0.15) is 4.90 Å². The Morgan fingerprint density at radius 1 is 0.952 bits per heavy atom. The fourth-order valence-electron chi connectivity index (χ4n) is 1.90. The van der Waals surface area contributed by atoms with Gasteiger partial charge in [-0.3, -0.25) is 4.72 Å². The zero-order chi connectivity index (χ0) is 15.8. The van der Waals surface area contributed by atoms with Crippen molar-refractivity contribution in [1.29, 1.82) is 0 Å². The van der Waals surface area contributed by atoms with E-state index in [-0.39, 0.29) is 4.90 Å². The average Bonchev–Trinajstić information content (AvgIpc) is 2.38. The van der Waals surface area contributed by atoms with Crippen molar-refractivity contribution in [3.63, 3.8) is 0 Å². The lowest BCUT2D eigenvalue weighted by Crippen LogP contribution is -2.14. The molecule has 21 heavy (non-hydrogen) atoms. The zero-order valence-electron chi connectivity index (χ0n) is 11.2. The Morgan fingerprint density at radius 3 is 2.10 bits per heavy atom. The largest absolute Gasteiger partial charge is 0.280 e. The van der Waals surface area contributed by atoms with E-state index in [1.807, 2.05) is 13.8 Å². The van der Waals surface area contributed by atoms with E-state index < -0.39 is 10.0 Å². The highest BCUT2D eigenvalue weighted by molar-refractivity contribution is 9.11. The minimum absolute atomic E-state index is 0.190. The first-order valence-corrected chi connectivity index (χ1v) is 9.81. The van der Waals surface area contributed by atoms with Gasteiger partial charge in [0.2, 0.25) is 0 Å². The van der Waals surface area contributed by atoms with Gasteiger partial charge in [0, 0.05) is 19.1 Å². The van der Waals surface area contributed by atoms with Crippen LogP contribution in [0.25, 0.3) is 0 Å². The molecule has 0 radical (unpaired) electrons. The van der Waals surface area contributed by atoms with E-state index in [9.17, 15) is 8.42 Å². The lowest BCUT2D eigenvalue weighted by Gasteiger charge is -2.12. The van der Waals surface area contributed by atoms with Gasteiger partial charge in [-0.2, -0.15) is 0 Å². The Bertz CT molecular complexity index is 781. The van der Waals surface area contributed by atoms with Crippen LogP contribution < -0.4 is 4.72 Å². The molecule has 0 unspecified atom stereocenters. The molecule has 2 aromatic rings. The number of anilines is 1. The molecule has 3 nitrogen and oxygen atoms in total. The van der Waals surface area contributed by atoms with E-state index in [1.54, 1.807) is 30.3 Å². The fourth-order valence-corrected chi connectivity index (χ4v) is 4.67. The topological polar surface area (TPSA) is 46.2 Å². The molecule has 2 rings (SSSR count). The molecule has 0 aliphatic heterocycles. The summed E-state index contributed by atoms with van der Waals surface area (Å²) in [6, 6.07) is 8.61. The fraction of sp³-hybridized carbons (Fsp3) is 0.143. The number of rotatable bonds is 3. The van der Waals surface area contributed by atoms with Gasteiger partial charge >= 0.3 is 0 Å². The molecule has 7 heteroatoms. The third-order valence-corrected chi connectivity index (χ3v) is 6.99. The van der Waals surface area contributed by atoms with Crippen molar-refractivity contribution in [1.82, 2.24) is 0 Å². The number of benzene rings is 2. The van der Waals surface area contributed by atoms with Gasteiger partial charge in [-0.15, -0.1) is 0 Å². The maximum atomic E-state index is 12.5. The van der Waals surface area contributed by atoms with Crippen LogP contribution in [-0.4, -0.2) is 8.42 Å². The summed E-state index contributed by atoms with van der Waals surface area (Å²) in [4.78, 5) is 0.190. The van der Waals surface area contributed by atoms with Gasteiger partial charge in [0.05, 0.1) is 0 Å². The highest BCUT2D eigenvalue weighted by Gasteiger charge is 2.18. The number of aryl methyl sites for hydroxylation is 2. The van der Waals surface area contributed by atoms with Crippen molar-refractivity contribution in [2.45, 2.75) is 18.7 Å². The summed E-state index contributed by atoms with van der Waals surface area (Å²) in [5.41, 5.74) is 2.49. The Labute approximate surface area is 149 Å². The summed E-state index contributed by atoms with van der Waals surface area (Å²) in [7, 11) is -3.66. The van der Waals surface area contributed by atoms with Crippen LogP contribution in [0.5, 0.6) is 0 Å². The maximum Gasteiger partial charge on any atom is 0.263 e. The lowest BCUT2D eigenvalue weighted by molar-refractivity contribution is 0.600. The predicted molar refractivity (Wildman–Crippen MR) is 96.3 cm³/mol. The molecule has 0 saturated heterocycles. The van der Waals surface area contributed by atoms with Crippen molar-refractivity contribution < 1.29 is 8.42 Å². The summed E-state index contributed by atoms with van der Waals surface area (Å²) in [5.74, 6) is 0. The standard InChI is InChI=1S/C14H12Br3NO2S/c1-8-5-11(6-9(2)14(8)17)18-21(19,20)13-7-10(15)3-4-12(13)16/h3-7,18H,1-2H3. The Hall–Kier alpha value is -0.370. The molecule has 0 amide bonds. The van der Waals surface area contributed by atoms with Gasteiger partial charge in [-0.1, -0.05) is 31.9 Å². The molecule has 0 atom stereocenters. The number of hydrogen-bond donors (Lipinski definition) is 1. The molecule has 0 aromatic heterocycles. The third kappa shape index (κ3) is 3.88. The van der Waals surface area contributed by atoms with Gasteiger partial charge in [-0.05, 0) is 71.2 Å². The zero-order valence-corrected chi connectivity index (χ0v) is 16.8. The van der Waals surface area contributed by atoms with E-state index in [4.69, 9.17) is 0 Å². The van der Waals surface area contributed by atoms with E-state index in [2.05, 4.69) is 52.5 Å². The second-order valence-corrected chi connectivity index (χ2v) is 8.82. The van der Waals surface area contributed by atoms with Crippen molar-refractivity contribution in [3.8, 4) is 0 Å². The van der Waals surface area contributed by atoms with Crippen LogP contribution in [0.1, 0.15) is 11.1 Å². The number of hydrogen-bond acceptors (Lipinski definition) is 2. The predicted octanol–water partition coefficient (Wildman–Crippen LogP) is 5.39. The molecule has 0 bridgehead atoms. The minimum Gasteiger partial charge on any atom is -0.280 e. The highest BCUT2D eigenvalue weighted by atomic mass is 79.9. The van der Waals surface area contributed by atoms with Crippen molar-refractivity contribution in [3.05, 3.63) is 54.9 Å². The molecule has 0 spiro atoms. The second kappa shape index (κ2) is 6.40. The summed E-state index contributed by atoms with van der Waals surface area (Å²) in [5, 5.41) is 0. The van der Waals surface area contributed by atoms with Crippen LogP contribution in [0, 0.1) is 13.8 Å². The molecule has 0 heterocycles. The Morgan fingerprint density at radius 2 is 1.52 bits per heavy atom. The lowest BCUT2D eigenvalue weighted by atomic mass is 10.1. The number of sulfonamides is 1. The smallest absolute Gasteiger partial charge is 0.263 e. The highest BCUT2D eigenvalue weighted by Crippen LogP contribution is 2.29. The van der Waals surface area contributed by atoms with Crippen LogP contribution in [-0.2, 0) is 10.0 Å². The normalized spacial score (nSPS) is 11.5. The van der Waals surface area contributed by atoms with Crippen molar-refractivity contribution in [2.24, 2.45) is 0 Å². The first-order chi connectivity index (χ1) is 9.70. The molecular formula is C14H12Br3NO2S. The molecule has 2 aromatic carbocycles. The van der Waals surface area contributed by atoms with Crippen LogP contribution in [0.3, 0.4) is 0 Å². The number of nitrogens with one attached hydrogen (secondary N) is 1. The van der Waals surface area contributed by atoms with E-state index in [1.165, 1.54) is 0 Å². The van der Waals surface area contributed by atoms with Gasteiger partial charge in [0.15, 0.2) is 0 Å². The summed E-state index contributed by atoms with van der Waals surface area (Å²) < 4.78 is 29.8. The summed E-state index contributed by atoms with van der Waals surface area (Å²) in [6.45, 7) is 3.84. The van der Waals surface area contributed by atoms with Crippen LogP contribution in [0.2, 0.25) is 0 Å². The van der Waals surface area contributed by atoms with E-state index in [0.717, 1.165) is 15.6 Å². The number of halogens is 3. The van der Waals surface area contributed by atoms with Crippen molar-refractivity contribution in [2.75, 3.05) is 4.72 Å². The monoisotopic (exact) mass is 495 g/mol. The quantitative estimate of drug-likeness (QED) is 0.618. The third-order valence-electron chi connectivity index (χ3n) is 2.87. The second-order valence-electron chi connectivity index (χ2n) is 4.60. The molecule has 0 aliphatic carbocycles. The van der Waals surface area contributed by atoms with Crippen LogP contribution in [0.4, 0.5) is 5.69 Å². The molecule has 0 aliphatic rings. The van der Waals surface area contributed by atoms with Gasteiger partial charge in [-0.25, -0.2) is 8.42 Å². The molecule has 112 valence electrons. The Kier molecular flexibility index (Phi) is 5.18. The minimum atomic E-state index is -3.66. The van der Waals surface area contributed by atoms with Crippen molar-refractivity contribution >= 4 is 63.5 Å². The van der Waals surface area contributed by atoms with E-state index in [0.29, 0.717) is 14.6 Å². The summed E-state index contributed by atoms with van der Waals surface area (Å²) >= 11 is 10.0. The molecular weight excluding hydrogens is 486 g/mol. The SMILES string of the molecule is Cc1cc(NS(=O)(=O)c2cc(Br)ccc2Br)cc(C)c1Br. The first kappa shape index (κ1) is 17.0. The van der Waals surface area contributed by atoms with Gasteiger partial charge in [0.25, 0.3) is 10.0 Å². The maximum absolute atomic E-state index is 12.5. The first-order valence-electron chi connectivity index (χ1n) is 5.95. The summed E-state index contributed by atoms with van der Waals surface area (Å²) in [6.07, 6.45) is 0. The molecule has 1 N–H and O–H groups in total. The average molecular weight is 498 g/mol. The molecule has 0 saturated carbocycles. The Balaban J connectivity index is 2.45.